The summed E-state index contributed by atoms with van der Waals surface area (Å²) in [5, 5.41) is 3.20. The minimum atomic E-state index is -4.54. The number of aryl methyl sites for hydroxylation is 2. The van der Waals surface area contributed by atoms with E-state index in [0.717, 1.165) is 32.1 Å². The largest absolute Gasteiger partial charge is 0.433 e. The molecule has 154 valence electrons. The Hall–Kier alpha value is -1.70. The standard InChI is InChI=1S/C20H27F3N4O/c1-10-25-16-6-5-13(9-15(16)18(26-10)20(21,22)23)19(28)27-17-11-3-2-4-12(17)8-14(24)7-11/h11-14,17H,2-9,24H2,1H3,(H,27,28). The lowest BCUT2D eigenvalue weighted by Crippen LogP contribution is -2.55. The third-order valence-corrected chi connectivity index (χ3v) is 6.71. The summed E-state index contributed by atoms with van der Waals surface area (Å²) < 4.78 is 40.3. The molecule has 3 unspecified atom stereocenters. The maximum Gasteiger partial charge on any atom is 0.433 e. The molecule has 3 N–H and O–H groups in total. The second kappa shape index (κ2) is 7.28. The molecule has 0 spiro atoms. The molecule has 2 saturated carbocycles. The van der Waals surface area contributed by atoms with Gasteiger partial charge in [0.2, 0.25) is 5.91 Å². The lowest BCUT2D eigenvalue weighted by Gasteiger charge is -2.45. The van der Waals surface area contributed by atoms with Crippen LogP contribution >= 0.6 is 0 Å². The monoisotopic (exact) mass is 396 g/mol. The molecule has 2 bridgehead atoms. The molecule has 1 heterocycles. The van der Waals surface area contributed by atoms with Crippen LogP contribution in [-0.4, -0.2) is 28.0 Å². The summed E-state index contributed by atoms with van der Waals surface area (Å²) in [4.78, 5) is 20.8. The van der Waals surface area contributed by atoms with Crippen molar-refractivity contribution >= 4 is 5.91 Å². The van der Waals surface area contributed by atoms with Gasteiger partial charge >= 0.3 is 6.18 Å². The number of hydrogen-bond acceptors (Lipinski definition) is 4. The van der Waals surface area contributed by atoms with Gasteiger partial charge in [0.1, 0.15) is 5.82 Å². The van der Waals surface area contributed by atoms with E-state index in [0.29, 0.717) is 30.4 Å². The molecule has 3 aliphatic carbocycles. The predicted molar refractivity (Wildman–Crippen MR) is 97.3 cm³/mol. The summed E-state index contributed by atoms with van der Waals surface area (Å²) in [6.45, 7) is 1.47. The molecule has 3 atom stereocenters. The van der Waals surface area contributed by atoms with Crippen LogP contribution in [0.4, 0.5) is 13.2 Å². The van der Waals surface area contributed by atoms with E-state index in [1.54, 1.807) is 0 Å². The van der Waals surface area contributed by atoms with E-state index in [1.165, 1.54) is 6.92 Å². The Balaban J connectivity index is 1.51. The summed E-state index contributed by atoms with van der Waals surface area (Å²) in [5.74, 6) is 0.311. The van der Waals surface area contributed by atoms with Crippen molar-refractivity contribution in [3.05, 3.63) is 22.8 Å². The first-order chi connectivity index (χ1) is 13.2. The van der Waals surface area contributed by atoms with Crippen LogP contribution in [0.1, 0.15) is 61.3 Å². The maximum absolute atomic E-state index is 13.4. The number of hydrogen-bond donors (Lipinski definition) is 2. The van der Waals surface area contributed by atoms with E-state index < -0.39 is 17.8 Å². The van der Waals surface area contributed by atoms with Crippen molar-refractivity contribution in [3.8, 4) is 0 Å². The van der Waals surface area contributed by atoms with E-state index >= 15 is 0 Å². The first kappa shape index (κ1) is 19.6. The first-order valence-corrected chi connectivity index (χ1v) is 10.2. The second-order valence-corrected chi connectivity index (χ2v) is 8.70. The second-order valence-electron chi connectivity index (χ2n) is 8.70. The van der Waals surface area contributed by atoms with E-state index in [4.69, 9.17) is 5.73 Å². The van der Waals surface area contributed by atoms with Gasteiger partial charge in [-0.1, -0.05) is 6.42 Å². The Labute approximate surface area is 162 Å². The molecule has 1 aromatic heterocycles. The van der Waals surface area contributed by atoms with Crippen LogP contribution in [0.5, 0.6) is 0 Å². The van der Waals surface area contributed by atoms with Gasteiger partial charge < -0.3 is 11.1 Å². The molecule has 5 nitrogen and oxygen atoms in total. The number of rotatable bonds is 2. The lowest BCUT2D eigenvalue weighted by molar-refractivity contribution is -0.142. The van der Waals surface area contributed by atoms with Crippen molar-refractivity contribution < 1.29 is 18.0 Å². The number of fused-ring (bicyclic) bond motifs is 3. The van der Waals surface area contributed by atoms with Crippen molar-refractivity contribution in [2.24, 2.45) is 23.5 Å². The van der Waals surface area contributed by atoms with Crippen molar-refractivity contribution in [2.75, 3.05) is 0 Å². The Morgan fingerprint density at radius 3 is 2.46 bits per heavy atom. The fraction of sp³-hybridized carbons (Fsp3) is 0.750. The fourth-order valence-electron chi connectivity index (χ4n) is 5.50. The SMILES string of the molecule is Cc1nc2c(c(C(F)(F)F)n1)CC(C(=O)NC1C3CCCC1CC(N)C3)CC2. The first-order valence-electron chi connectivity index (χ1n) is 10.2. The molecule has 2 fully saturated rings. The Kier molecular flexibility index (Phi) is 5.10. The Morgan fingerprint density at radius 2 is 1.82 bits per heavy atom. The highest BCUT2D eigenvalue weighted by Crippen LogP contribution is 2.40. The summed E-state index contributed by atoms with van der Waals surface area (Å²) in [6.07, 6.45) is 1.54. The summed E-state index contributed by atoms with van der Waals surface area (Å²) >= 11 is 0. The zero-order valence-corrected chi connectivity index (χ0v) is 16.1. The van der Waals surface area contributed by atoms with Crippen LogP contribution in [0, 0.1) is 24.7 Å². The van der Waals surface area contributed by atoms with Gasteiger partial charge in [-0.3, -0.25) is 4.79 Å². The summed E-state index contributed by atoms with van der Waals surface area (Å²) in [6, 6.07) is 0.304. The van der Waals surface area contributed by atoms with Crippen LogP contribution in [0.15, 0.2) is 0 Å². The number of alkyl halides is 3. The normalized spacial score (nSPS) is 32.5. The third kappa shape index (κ3) is 3.75. The highest BCUT2D eigenvalue weighted by Gasteiger charge is 2.43. The lowest BCUT2D eigenvalue weighted by atomic mass is 9.67. The number of amides is 1. The molecule has 3 aliphatic rings. The molecule has 8 heteroatoms. The zero-order chi connectivity index (χ0) is 20.1. The zero-order valence-electron chi connectivity index (χ0n) is 16.1. The minimum Gasteiger partial charge on any atom is -0.353 e. The highest BCUT2D eigenvalue weighted by molar-refractivity contribution is 5.79. The molecule has 0 aromatic carbocycles. The molecule has 0 radical (unpaired) electrons. The van der Waals surface area contributed by atoms with Gasteiger partial charge in [-0.25, -0.2) is 9.97 Å². The van der Waals surface area contributed by atoms with Crippen molar-refractivity contribution in [1.82, 2.24) is 15.3 Å². The van der Waals surface area contributed by atoms with E-state index in [9.17, 15) is 18.0 Å². The number of aromatic nitrogens is 2. The third-order valence-electron chi connectivity index (χ3n) is 6.71. The van der Waals surface area contributed by atoms with E-state index in [-0.39, 0.29) is 35.8 Å². The van der Waals surface area contributed by atoms with Crippen LogP contribution < -0.4 is 11.1 Å². The molecule has 4 rings (SSSR count). The van der Waals surface area contributed by atoms with Gasteiger partial charge in [-0.2, -0.15) is 13.2 Å². The average Bonchev–Trinajstić information content (AvgIpc) is 2.60. The van der Waals surface area contributed by atoms with Gasteiger partial charge in [-0.05, 0) is 63.7 Å². The molecule has 1 amide bonds. The van der Waals surface area contributed by atoms with Crippen LogP contribution in [0.3, 0.4) is 0 Å². The molecule has 1 aromatic rings. The minimum absolute atomic E-state index is 0.0534. The van der Waals surface area contributed by atoms with Gasteiger partial charge in [0.15, 0.2) is 5.69 Å². The van der Waals surface area contributed by atoms with Crippen molar-refractivity contribution in [1.29, 1.82) is 0 Å². The van der Waals surface area contributed by atoms with E-state index in [1.807, 2.05) is 0 Å². The Bertz CT molecular complexity index is 753. The molecule has 0 saturated heterocycles. The molecule has 28 heavy (non-hydrogen) atoms. The maximum atomic E-state index is 13.4. The van der Waals surface area contributed by atoms with Crippen molar-refractivity contribution in [3.63, 3.8) is 0 Å². The number of halogens is 3. The van der Waals surface area contributed by atoms with Gasteiger partial charge in [0.05, 0.1) is 0 Å². The smallest absolute Gasteiger partial charge is 0.353 e. The predicted octanol–water partition coefficient (Wildman–Crippen LogP) is 2.93. The topological polar surface area (TPSA) is 80.9 Å². The number of carbonyl (C=O) groups excluding carboxylic acids is 1. The number of nitrogens with one attached hydrogen (secondary N) is 1. The number of nitrogens with zero attached hydrogens (tertiary/aromatic N) is 2. The van der Waals surface area contributed by atoms with Gasteiger partial charge in [0, 0.05) is 29.3 Å². The van der Waals surface area contributed by atoms with Crippen LogP contribution in [0.25, 0.3) is 0 Å². The van der Waals surface area contributed by atoms with Gasteiger partial charge in [0.25, 0.3) is 0 Å². The summed E-state index contributed by atoms with van der Waals surface area (Å²) in [5.41, 5.74) is 5.80. The Morgan fingerprint density at radius 1 is 1.14 bits per heavy atom. The van der Waals surface area contributed by atoms with Gasteiger partial charge in [-0.15, -0.1) is 0 Å². The molecular formula is C20H27F3N4O. The molecular weight excluding hydrogens is 369 g/mol. The average molecular weight is 396 g/mol. The fourth-order valence-corrected chi connectivity index (χ4v) is 5.50. The number of nitrogens with two attached hydrogens (primary N) is 1. The van der Waals surface area contributed by atoms with E-state index in [2.05, 4.69) is 15.3 Å². The molecule has 0 aliphatic heterocycles. The van der Waals surface area contributed by atoms with Crippen molar-refractivity contribution in [2.45, 2.75) is 76.6 Å². The van der Waals surface area contributed by atoms with Crippen LogP contribution in [-0.2, 0) is 23.8 Å². The summed E-state index contributed by atoms with van der Waals surface area (Å²) in [7, 11) is 0. The quantitative estimate of drug-likeness (QED) is 0.806. The van der Waals surface area contributed by atoms with Crippen LogP contribution in [0.2, 0.25) is 0 Å². The number of carbonyl (C=O) groups is 1. The highest BCUT2D eigenvalue weighted by atomic mass is 19.4.